The number of para-hydroxylation sites is 2. The van der Waals surface area contributed by atoms with Gasteiger partial charge >= 0.3 is 0 Å². The second kappa shape index (κ2) is 6.59. The van der Waals surface area contributed by atoms with Gasteiger partial charge in [-0.2, -0.15) is 0 Å². The van der Waals surface area contributed by atoms with Crippen LogP contribution >= 0.6 is 0 Å². The van der Waals surface area contributed by atoms with Crippen LogP contribution in [0, 0.1) is 17.8 Å². The number of anilines is 2. The van der Waals surface area contributed by atoms with Gasteiger partial charge in [0.2, 0.25) is 11.8 Å². The van der Waals surface area contributed by atoms with Gasteiger partial charge in [0.25, 0.3) is 0 Å². The molecule has 1 aromatic rings. The Balaban J connectivity index is 1.50. The minimum atomic E-state index is -0.182. The lowest BCUT2D eigenvalue weighted by atomic mass is 9.73. The molecule has 25 heavy (non-hydrogen) atoms. The maximum absolute atomic E-state index is 12.8. The molecule has 1 aromatic carbocycles. The van der Waals surface area contributed by atoms with Crippen molar-refractivity contribution in [1.82, 2.24) is 0 Å². The Morgan fingerprint density at radius 2 is 1.84 bits per heavy atom. The second-order valence-corrected chi connectivity index (χ2v) is 7.16. The number of rotatable bonds is 3. The number of amides is 2. The Hall–Kier alpha value is -2.21. The molecule has 2 unspecified atom stereocenters. The highest BCUT2D eigenvalue weighted by Gasteiger charge is 2.42. The Morgan fingerprint density at radius 1 is 1.12 bits per heavy atom. The summed E-state index contributed by atoms with van der Waals surface area (Å²) in [6.07, 6.45) is 2.49. The van der Waals surface area contributed by atoms with Crippen molar-refractivity contribution in [1.29, 1.82) is 0 Å². The van der Waals surface area contributed by atoms with E-state index in [0.29, 0.717) is 44.7 Å². The molecule has 6 nitrogen and oxygen atoms in total. The third-order valence-electron chi connectivity index (χ3n) is 5.48. The number of ketones is 1. The number of Topliss-reactive ketones (excluding diaryl/α,β-unsaturated/α-hetero) is 1. The quantitative estimate of drug-likeness (QED) is 0.911. The van der Waals surface area contributed by atoms with Gasteiger partial charge in [0.15, 0.2) is 0 Å². The summed E-state index contributed by atoms with van der Waals surface area (Å²) in [6, 6.07) is 7.42. The van der Waals surface area contributed by atoms with Crippen LogP contribution in [0.2, 0.25) is 0 Å². The number of nitrogens with zero attached hydrogens (tertiary/aromatic N) is 1. The fourth-order valence-corrected chi connectivity index (χ4v) is 4.17. The van der Waals surface area contributed by atoms with Gasteiger partial charge in [-0.25, -0.2) is 0 Å². The average Bonchev–Trinajstić information content (AvgIpc) is 3.01. The molecule has 2 saturated heterocycles. The summed E-state index contributed by atoms with van der Waals surface area (Å²) in [5, 5.41) is 3.00. The molecular weight excluding hydrogens is 320 g/mol. The lowest BCUT2D eigenvalue weighted by Gasteiger charge is -2.36. The van der Waals surface area contributed by atoms with Crippen molar-refractivity contribution in [3.63, 3.8) is 0 Å². The summed E-state index contributed by atoms with van der Waals surface area (Å²) in [4.78, 5) is 38.7. The zero-order valence-corrected chi connectivity index (χ0v) is 14.1. The van der Waals surface area contributed by atoms with Crippen LogP contribution in [0.4, 0.5) is 11.4 Å². The molecule has 6 heteroatoms. The van der Waals surface area contributed by atoms with Crippen molar-refractivity contribution in [2.24, 2.45) is 17.8 Å². The Bertz CT molecular complexity index is 701. The predicted octanol–water partition coefficient (Wildman–Crippen LogP) is 1.99. The minimum Gasteiger partial charge on any atom is -0.380 e. The number of ether oxygens (including phenoxy) is 1. The molecule has 2 heterocycles. The average molecular weight is 342 g/mol. The third kappa shape index (κ3) is 3.06. The van der Waals surface area contributed by atoms with Crippen LogP contribution in [0.25, 0.3) is 0 Å². The van der Waals surface area contributed by atoms with Crippen LogP contribution in [0.5, 0.6) is 0 Å². The van der Waals surface area contributed by atoms with Crippen LogP contribution in [0.3, 0.4) is 0 Å². The molecule has 1 saturated carbocycles. The molecule has 3 fully saturated rings. The summed E-state index contributed by atoms with van der Waals surface area (Å²) in [5.41, 5.74) is 1.43. The smallest absolute Gasteiger partial charge is 0.227 e. The van der Waals surface area contributed by atoms with E-state index in [0.717, 1.165) is 12.1 Å². The summed E-state index contributed by atoms with van der Waals surface area (Å²) in [6.45, 7) is 1.54. The Labute approximate surface area is 146 Å². The van der Waals surface area contributed by atoms with Gasteiger partial charge < -0.3 is 15.0 Å². The van der Waals surface area contributed by atoms with Crippen molar-refractivity contribution in [2.45, 2.75) is 25.7 Å². The molecule has 0 radical (unpaired) electrons. The van der Waals surface area contributed by atoms with E-state index in [1.807, 2.05) is 24.3 Å². The van der Waals surface area contributed by atoms with Crippen molar-refractivity contribution in [2.75, 3.05) is 30.0 Å². The lowest BCUT2D eigenvalue weighted by molar-refractivity contribution is -0.145. The number of nitrogens with one attached hydrogen (secondary N) is 1. The number of carbonyl (C=O) groups excluding carboxylic acids is 3. The second-order valence-electron chi connectivity index (χ2n) is 7.16. The van der Waals surface area contributed by atoms with Crippen LogP contribution in [-0.2, 0) is 19.1 Å². The van der Waals surface area contributed by atoms with E-state index >= 15 is 0 Å². The van der Waals surface area contributed by atoms with Gasteiger partial charge in [-0.3, -0.25) is 14.4 Å². The standard InChI is InChI=1S/C19H22N2O4/c22-17-6-3-7-21(17)16-5-2-1-4-15(16)20-19(24)12-8-13-10-25-11-14(9-12)18(13)23/h1-2,4-5,12-14H,3,6-11H2,(H,20,24). The Kier molecular flexibility index (Phi) is 4.29. The zero-order chi connectivity index (χ0) is 17.4. The normalized spacial score (nSPS) is 29.0. The Morgan fingerprint density at radius 3 is 2.52 bits per heavy atom. The zero-order valence-electron chi connectivity index (χ0n) is 14.1. The van der Waals surface area contributed by atoms with Crippen molar-refractivity contribution < 1.29 is 19.1 Å². The van der Waals surface area contributed by atoms with Gasteiger partial charge in [-0.05, 0) is 31.4 Å². The highest BCUT2D eigenvalue weighted by molar-refractivity contribution is 6.03. The molecule has 0 aromatic heterocycles. The molecule has 4 rings (SSSR count). The first-order valence-corrected chi connectivity index (χ1v) is 8.95. The van der Waals surface area contributed by atoms with Crippen LogP contribution in [0.1, 0.15) is 25.7 Å². The number of fused-ring (bicyclic) bond motifs is 2. The van der Waals surface area contributed by atoms with Gasteiger partial charge in [-0.1, -0.05) is 12.1 Å². The maximum atomic E-state index is 12.8. The van der Waals surface area contributed by atoms with Crippen LogP contribution in [0.15, 0.2) is 24.3 Å². The molecule has 132 valence electrons. The molecule has 1 aliphatic carbocycles. The predicted molar refractivity (Wildman–Crippen MR) is 92.2 cm³/mol. The molecule has 2 amide bonds. The highest BCUT2D eigenvalue weighted by Crippen LogP contribution is 2.36. The minimum absolute atomic E-state index is 0.0662. The van der Waals surface area contributed by atoms with Crippen molar-refractivity contribution in [3.8, 4) is 0 Å². The topological polar surface area (TPSA) is 75.7 Å². The monoisotopic (exact) mass is 342 g/mol. The van der Waals surface area contributed by atoms with Crippen molar-refractivity contribution >= 4 is 29.0 Å². The van der Waals surface area contributed by atoms with E-state index in [1.165, 1.54) is 0 Å². The van der Waals surface area contributed by atoms with E-state index in [-0.39, 0.29) is 35.4 Å². The molecule has 3 aliphatic rings. The van der Waals surface area contributed by atoms with Crippen LogP contribution < -0.4 is 10.2 Å². The molecule has 2 atom stereocenters. The largest absolute Gasteiger partial charge is 0.380 e. The molecule has 0 spiro atoms. The number of hydrogen-bond acceptors (Lipinski definition) is 4. The summed E-state index contributed by atoms with van der Waals surface area (Å²) in [7, 11) is 0. The third-order valence-corrected chi connectivity index (χ3v) is 5.48. The maximum Gasteiger partial charge on any atom is 0.227 e. The summed E-state index contributed by atoms with van der Waals surface area (Å²) < 4.78 is 5.45. The van der Waals surface area contributed by atoms with Gasteiger partial charge in [-0.15, -0.1) is 0 Å². The van der Waals surface area contributed by atoms with Crippen molar-refractivity contribution in [3.05, 3.63) is 24.3 Å². The summed E-state index contributed by atoms with van der Waals surface area (Å²) in [5.74, 6) is -0.213. The fraction of sp³-hybridized carbons (Fsp3) is 0.526. The van der Waals surface area contributed by atoms with E-state index < -0.39 is 0 Å². The molecule has 2 aliphatic heterocycles. The fourth-order valence-electron chi connectivity index (χ4n) is 4.17. The molecule has 2 bridgehead atoms. The van der Waals surface area contributed by atoms with E-state index in [2.05, 4.69) is 5.32 Å². The van der Waals surface area contributed by atoms with E-state index in [4.69, 9.17) is 4.74 Å². The van der Waals surface area contributed by atoms with Gasteiger partial charge in [0.05, 0.1) is 24.6 Å². The van der Waals surface area contributed by atoms with E-state index in [1.54, 1.807) is 4.90 Å². The van der Waals surface area contributed by atoms with E-state index in [9.17, 15) is 14.4 Å². The summed E-state index contributed by atoms with van der Waals surface area (Å²) >= 11 is 0. The first kappa shape index (κ1) is 16.3. The van der Waals surface area contributed by atoms with Gasteiger partial charge in [0.1, 0.15) is 5.78 Å². The lowest BCUT2D eigenvalue weighted by Crippen LogP contribution is -2.45. The molecule has 1 N–H and O–H groups in total. The van der Waals surface area contributed by atoms with Gasteiger partial charge in [0, 0.05) is 30.7 Å². The highest BCUT2D eigenvalue weighted by atomic mass is 16.5. The van der Waals surface area contributed by atoms with Crippen LogP contribution in [-0.4, -0.2) is 37.4 Å². The number of carbonyl (C=O) groups is 3. The first-order valence-electron chi connectivity index (χ1n) is 8.95. The number of hydrogen-bond donors (Lipinski definition) is 1. The first-order chi connectivity index (χ1) is 12.1. The SMILES string of the molecule is O=C(Nc1ccccc1N1CCCC1=O)C1CC2COCC(C1)C2=O. The number of benzene rings is 1. The molecular formula is C19H22N2O4.